The maximum Gasteiger partial charge on any atom is 0.329 e. The zero-order valence-corrected chi connectivity index (χ0v) is 12.5. The molecule has 1 heterocycles. The molecular formula is C15H15ClN2O4. The van der Waals surface area contributed by atoms with Crippen molar-refractivity contribution in [3.8, 4) is 0 Å². The van der Waals surface area contributed by atoms with Crippen molar-refractivity contribution in [2.75, 3.05) is 11.4 Å². The Morgan fingerprint density at radius 1 is 1.32 bits per heavy atom. The highest BCUT2D eigenvalue weighted by molar-refractivity contribution is 6.33. The van der Waals surface area contributed by atoms with Crippen LogP contribution in [0.3, 0.4) is 0 Å². The van der Waals surface area contributed by atoms with E-state index >= 15 is 0 Å². The smallest absolute Gasteiger partial charge is 0.329 e. The number of nitrogens with zero attached hydrogens (tertiary/aromatic N) is 1. The number of carbonyl (C=O) groups is 3. The number of hydrogen-bond donors (Lipinski definition) is 2. The second-order valence-electron chi connectivity index (χ2n) is 5.73. The van der Waals surface area contributed by atoms with E-state index in [-0.39, 0.29) is 24.8 Å². The van der Waals surface area contributed by atoms with Crippen LogP contribution < -0.4 is 10.2 Å². The fraction of sp³-hybridized carbons (Fsp3) is 0.400. The average Bonchev–Trinajstić information content (AvgIpc) is 3.15. The molecule has 1 aromatic rings. The van der Waals surface area contributed by atoms with E-state index in [1.54, 1.807) is 24.3 Å². The summed E-state index contributed by atoms with van der Waals surface area (Å²) >= 11 is 6.08. The minimum absolute atomic E-state index is 0.0623. The van der Waals surface area contributed by atoms with Crippen LogP contribution in [0.4, 0.5) is 5.69 Å². The summed E-state index contributed by atoms with van der Waals surface area (Å²) in [6.45, 7) is 0.212. The van der Waals surface area contributed by atoms with Gasteiger partial charge in [-0.05, 0) is 25.0 Å². The van der Waals surface area contributed by atoms with E-state index in [0.29, 0.717) is 23.6 Å². The van der Waals surface area contributed by atoms with Crippen molar-refractivity contribution in [3.63, 3.8) is 0 Å². The maximum absolute atomic E-state index is 12.2. The van der Waals surface area contributed by atoms with Gasteiger partial charge in [-0.2, -0.15) is 0 Å². The highest BCUT2D eigenvalue weighted by Gasteiger charge is 2.52. The molecule has 0 bridgehead atoms. The maximum atomic E-state index is 12.2. The normalized spacial score (nSPS) is 22.5. The fourth-order valence-corrected chi connectivity index (χ4v) is 2.88. The number of halogens is 1. The Morgan fingerprint density at radius 3 is 2.59 bits per heavy atom. The number of benzene rings is 1. The molecular weight excluding hydrogens is 308 g/mol. The Bertz CT molecular complexity index is 657. The van der Waals surface area contributed by atoms with Crippen molar-refractivity contribution in [1.29, 1.82) is 0 Å². The molecule has 2 amide bonds. The quantitative estimate of drug-likeness (QED) is 0.878. The summed E-state index contributed by atoms with van der Waals surface area (Å²) in [7, 11) is 0. The Hall–Kier alpha value is -2.08. The third kappa shape index (κ3) is 2.54. The second kappa shape index (κ2) is 5.28. The van der Waals surface area contributed by atoms with Crippen LogP contribution in [-0.4, -0.2) is 35.0 Å². The van der Waals surface area contributed by atoms with E-state index in [0.717, 1.165) is 0 Å². The predicted molar refractivity (Wildman–Crippen MR) is 79.7 cm³/mol. The van der Waals surface area contributed by atoms with Gasteiger partial charge in [0, 0.05) is 13.0 Å². The molecule has 0 aromatic heterocycles. The van der Waals surface area contributed by atoms with E-state index in [4.69, 9.17) is 16.7 Å². The minimum Gasteiger partial charge on any atom is -0.480 e. The molecule has 116 valence electrons. The Labute approximate surface area is 132 Å². The first kappa shape index (κ1) is 14.8. The van der Waals surface area contributed by atoms with Crippen LogP contribution in [0.1, 0.15) is 19.3 Å². The molecule has 1 aromatic carbocycles. The lowest BCUT2D eigenvalue weighted by molar-refractivity contribution is -0.143. The van der Waals surface area contributed by atoms with Crippen molar-refractivity contribution in [3.05, 3.63) is 29.3 Å². The van der Waals surface area contributed by atoms with Crippen LogP contribution in [0.25, 0.3) is 0 Å². The van der Waals surface area contributed by atoms with Gasteiger partial charge in [-0.15, -0.1) is 0 Å². The summed E-state index contributed by atoms with van der Waals surface area (Å²) in [4.78, 5) is 37.0. The third-order valence-corrected chi connectivity index (χ3v) is 4.48. The van der Waals surface area contributed by atoms with Gasteiger partial charge in [0.05, 0.1) is 16.6 Å². The number of rotatable bonds is 4. The second-order valence-corrected chi connectivity index (χ2v) is 6.14. The fourth-order valence-electron chi connectivity index (χ4n) is 2.64. The molecule has 6 nitrogen and oxygen atoms in total. The van der Waals surface area contributed by atoms with Gasteiger partial charge in [0.1, 0.15) is 5.54 Å². The number of anilines is 1. The molecule has 22 heavy (non-hydrogen) atoms. The number of amides is 2. The molecule has 1 aliphatic heterocycles. The highest BCUT2D eigenvalue weighted by Crippen LogP contribution is 2.37. The summed E-state index contributed by atoms with van der Waals surface area (Å²) in [5, 5.41) is 12.1. The number of aliphatic carboxylic acids is 1. The van der Waals surface area contributed by atoms with Gasteiger partial charge < -0.3 is 15.3 Å². The molecule has 0 unspecified atom stereocenters. The number of para-hydroxylation sites is 1. The molecule has 1 saturated carbocycles. The summed E-state index contributed by atoms with van der Waals surface area (Å²) < 4.78 is 0. The van der Waals surface area contributed by atoms with Crippen LogP contribution in [0.5, 0.6) is 0 Å². The van der Waals surface area contributed by atoms with Gasteiger partial charge in [-0.3, -0.25) is 9.59 Å². The van der Waals surface area contributed by atoms with Gasteiger partial charge in [-0.1, -0.05) is 23.7 Å². The monoisotopic (exact) mass is 322 g/mol. The Balaban J connectivity index is 1.71. The van der Waals surface area contributed by atoms with Crippen LogP contribution in [0.2, 0.25) is 5.02 Å². The number of carbonyl (C=O) groups excluding carboxylic acids is 2. The van der Waals surface area contributed by atoms with Crippen LogP contribution in [0, 0.1) is 5.92 Å². The lowest BCUT2D eigenvalue weighted by atomic mass is 10.1. The van der Waals surface area contributed by atoms with Gasteiger partial charge in [0.15, 0.2) is 0 Å². The van der Waals surface area contributed by atoms with Crippen molar-refractivity contribution >= 4 is 35.1 Å². The first-order valence-corrected chi connectivity index (χ1v) is 7.41. The summed E-state index contributed by atoms with van der Waals surface area (Å²) in [6.07, 6.45) is 0.929. The molecule has 7 heteroatoms. The van der Waals surface area contributed by atoms with Crippen LogP contribution in [-0.2, 0) is 14.4 Å². The van der Waals surface area contributed by atoms with Crippen molar-refractivity contribution in [2.45, 2.75) is 24.8 Å². The number of nitrogens with one attached hydrogen (secondary N) is 1. The molecule has 0 spiro atoms. The van der Waals surface area contributed by atoms with E-state index in [9.17, 15) is 14.4 Å². The molecule has 2 N–H and O–H groups in total. The topological polar surface area (TPSA) is 86.7 Å². The Kier molecular flexibility index (Phi) is 3.56. The largest absolute Gasteiger partial charge is 0.480 e. The highest BCUT2D eigenvalue weighted by atomic mass is 35.5. The first-order valence-electron chi connectivity index (χ1n) is 7.03. The van der Waals surface area contributed by atoms with Gasteiger partial charge in [0.2, 0.25) is 11.8 Å². The van der Waals surface area contributed by atoms with Gasteiger partial charge in [0.25, 0.3) is 0 Å². The van der Waals surface area contributed by atoms with Crippen molar-refractivity contribution < 1.29 is 19.5 Å². The third-order valence-electron chi connectivity index (χ3n) is 4.16. The van der Waals surface area contributed by atoms with Gasteiger partial charge in [-0.25, -0.2) is 4.79 Å². The van der Waals surface area contributed by atoms with Crippen LogP contribution in [0.15, 0.2) is 24.3 Å². The number of carboxylic acids is 1. The summed E-state index contributed by atoms with van der Waals surface area (Å²) in [6, 6.07) is 6.94. The SMILES string of the molecule is O=C(NC1(C(=O)O)CC1)[C@H]1CC(=O)N(c2ccccc2Cl)C1. The molecule has 3 rings (SSSR count). The summed E-state index contributed by atoms with van der Waals surface area (Å²) in [5.74, 6) is -2.15. The van der Waals surface area contributed by atoms with E-state index in [1.807, 2.05) is 0 Å². The molecule has 1 saturated heterocycles. The Morgan fingerprint density at radius 2 is 2.00 bits per heavy atom. The first-order chi connectivity index (χ1) is 10.4. The molecule has 0 radical (unpaired) electrons. The van der Waals surface area contributed by atoms with E-state index in [1.165, 1.54) is 4.90 Å². The van der Waals surface area contributed by atoms with Crippen LogP contribution >= 0.6 is 11.6 Å². The molecule has 2 aliphatic rings. The average molecular weight is 323 g/mol. The lowest BCUT2D eigenvalue weighted by Crippen LogP contribution is -2.46. The van der Waals surface area contributed by atoms with Crippen molar-refractivity contribution in [2.24, 2.45) is 5.92 Å². The molecule has 1 aliphatic carbocycles. The van der Waals surface area contributed by atoms with E-state index in [2.05, 4.69) is 5.32 Å². The van der Waals surface area contributed by atoms with E-state index < -0.39 is 17.4 Å². The minimum atomic E-state index is -1.13. The summed E-state index contributed by atoms with van der Waals surface area (Å²) in [5.41, 5.74) is -0.554. The number of carboxylic acid groups (broad SMARTS) is 1. The molecule has 1 atom stereocenters. The van der Waals surface area contributed by atoms with Crippen molar-refractivity contribution in [1.82, 2.24) is 5.32 Å². The lowest BCUT2D eigenvalue weighted by Gasteiger charge is -2.19. The standard InChI is InChI=1S/C15H15ClN2O4/c16-10-3-1-2-4-11(10)18-8-9(7-12(18)19)13(20)17-15(5-6-15)14(21)22/h1-4,9H,5-8H2,(H,17,20)(H,21,22)/t9-/m0/s1. The predicted octanol–water partition coefficient (Wildman–Crippen LogP) is 1.43. The number of hydrogen-bond acceptors (Lipinski definition) is 3. The van der Waals surface area contributed by atoms with Gasteiger partial charge >= 0.3 is 5.97 Å². The molecule has 2 fully saturated rings. The zero-order chi connectivity index (χ0) is 15.9. The zero-order valence-electron chi connectivity index (χ0n) is 11.7.